The number of likely N-dealkylation sites (tertiary alicyclic amines) is 1. The van der Waals surface area contributed by atoms with Crippen LogP contribution in [0, 0.1) is 12.8 Å². The molecule has 0 radical (unpaired) electrons. The molecule has 3 rings (SSSR count). The minimum absolute atomic E-state index is 0.0354. The molecule has 1 fully saturated rings. The fourth-order valence-corrected chi connectivity index (χ4v) is 4.32. The van der Waals surface area contributed by atoms with E-state index in [1.165, 1.54) is 10.3 Å². The van der Waals surface area contributed by atoms with E-state index in [9.17, 15) is 9.59 Å². The molecule has 0 bridgehead atoms. The summed E-state index contributed by atoms with van der Waals surface area (Å²) in [7, 11) is 3.94. The maximum Gasteiger partial charge on any atom is 0.246 e. The number of nitrogens with zero attached hydrogens (tertiary/aromatic N) is 2. The van der Waals surface area contributed by atoms with Gasteiger partial charge in [-0.05, 0) is 56.9 Å². The van der Waals surface area contributed by atoms with E-state index in [0.29, 0.717) is 25.9 Å². The number of nitrogens with one attached hydrogen (secondary N) is 1. The summed E-state index contributed by atoms with van der Waals surface area (Å²) in [6.45, 7) is 4.09. The number of hydrogen-bond acceptors (Lipinski definition) is 4. The van der Waals surface area contributed by atoms with Crippen molar-refractivity contribution >= 4 is 38.2 Å². The zero-order chi connectivity index (χ0) is 19.4. The third-order valence-electron chi connectivity index (χ3n) is 4.83. The molecule has 0 aliphatic carbocycles. The number of aryl methyl sites for hydroxylation is 1. The molecule has 1 aliphatic rings. The fraction of sp³-hybridized carbons (Fsp3) is 0.429. The number of carbonyl (C=O) groups excluding carboxylic acids is 2. The van der Waals surface area contributed by atoms with Crippen LogP contribution < -0.4 is 5.32 Å². The molecule has 5 nitrogen and oxygen atoms in total. The molecule has 1 N–H and O–H groups in total. The minimum Gasteiger partial charge on any atom is -0.339 e. The van der Waals surface area contributed by atoms with E-state index in [0.717, 1.165) is 16.9 Å². The van der Waals surface area contributed by atoms with Gasteiger partial charge >= 0.3 is 0 Å². The average Bonchev–Trinajstić information content (AvgIpc) is 3.02. The first-order valence-electron chi connectivity index (χ1n) is 9.33. The molecule has 0 atom stereocenters. The third-order valence-corrected chi connectivity index (χ3v) is 5.84. The van der Waals surface area contributed by atoms with E-state index >= 15 is 0 Å². The number of piperidine rings is 1. The number of fused-ring (bicyclic) bond motifs is 1. The fourth-order valence-electron chi connectivity index (χ4n) is 3.26. The maximum atomic E-state index is 12.6. The molecule has 144 valence electrons. The van der Waals surface area contributed by atoms with Gasteiger partial charge in [0.25, 0.3) is 0 Å². The van der Waals surface area contributed by atoms with Crippen LogP contribution in [0.3, 0.4) is 0 Å². The van der Waals surface area contributed by atoms with Crippen LogP contribution in [0.15, 0.2) is 36.4 Å². The average molecular weight is 386 g/mol. The zero-order valence-electron chi connectivity index (χ0n) is 16.2. The van der Waals surface area contributed by atoms with Crippen LogP contribution in [0.4, 0.5) is 5.00 Å². The van der Waals surface area contributed by atoms with E-state index in [1.807, 2.05) is 36.0 Å². The monoisotopic (exact) mass is 385 g/mol. The molecule has 6 heteroatoms. The molecule has 0 saturated carbocycles. The molecule has 0 spiro atoms. The van der Waals surface area contributed by atoms with Gasteiger partial charge in [-0.15, -0.1) is 11.3 Å². The second kappa shape index (κ2) is 8.67. The summed E-state index contributed by atoms with van der Waals surface area (Å²) in [5.74, 6) is 0.0656. The Labute approximate surface area is 164 Å². The molecular formula is C21H27N3O2S. The molecule has 27 heavy (non-hydrogen) atoms. The lowest BCUT2D eigenvalue weighted by molar-refractivity contribution is -0.130. The minimum atomic E-state index is -0.0354. The number of likely N-dealkylation sites (N-methyl/N-ethyl adjacent to an activating group) is 1. The van der Waals surface area contributed by atoms with Crippen molar-refractivity contribution in [2.45, 2.75) is 19.8 Å². The van der Waals surface area contributed by atoms with Gasteiger partial charge in [0, 0.05) is 36.3 Å². The second-order valence-electron chi connectivity index (χ2n) is 7.41. The summed E-state index contributed by atoms with van der Waals surface area (Å²) >= 11 is 1.61. The Hall–Kier alpha value is -2.18. The number of anilines is 1. The van der Waals surface area contributed by atoms with Gasteiger partial charge in [0.05, 0.1) is 5.00 Å². The van der Waals surface area contributed by atoms with Gasteiger partial charge in [-0.1, -0.05) is 18.2 Å². The lowest BCUT2D eigenvalue weighted by atomic mass is 9.96. The SMILES string of the molecule is Cc1ccc2cc(NC(=O)C3CCN(C(=O)/C=C/CN(C)C)CC3)sc2c1. The van der Waals surface area contributed by atoms with Crippen molar-refractivity contribution in [2.24, 2.45) is 5.92 Å². The van der Waals surface area contributed by atoms with Crippen LogP contribution in [0.25, 0.3) is 10.1 Å². The highest BCUT2D eigenvalue weighted by atomic mass is 32.1. The van der Waals surface area contributed by atoms with Crippen LogP contribution in [-0.4, -0.2) is 55.3 Å². The highest BCUT2D eigenvalue weighted by Gasteiger charge is 2.26. The summed E-state index contributed by atoms with van der Waals surface area (Å²) in [6.07, 6.45) is 4.94. The molecule has 0 unspecified atom stereocenters. The standard InChI is InChI=1S/C21H27N3O2S/c1-15-6-7-17-14-19(27-18(17)13-15)22-21(26)16-8-11-24(12-9-16)20(25)5-4-10-23(2)3/h4-7,13-14,16H,8-12H2,1-3H3,(H,22,26)/b5-4+. The van der Waals surface area contributed by atoms with E-state index in [2.05, 4.69) is 30.4 Å². The van der Waals surface area contributed by atoms with Crippen molar-refractivity contribution < 1.29 is 9.59 Å². The summed E-state index contributed by atoms with van der Waals surface area (Å²) < 4.78 is 1.19. The lowest BCUT2D eigenvalue weighted by Gasteiger charge is -2.30. The van der Waals surface area contributed by atoms with Crippen LogP contribution in [0.1, 0.15) is 18.4 Å². The number of amides is 2. The Morgan fingerprint density at radius 1 is 1.26 bits per heavy atom. The Balaban J connectivity index is 1.52. The molecule has 1 aromatic carbocycles. The summed E-state index contributed by atoms with van der Waals surface area (Å²) in [5.41, 5.74) is 1.22. The number of rotatable bonds is 5. The van der Waals surface area contributed by atoms with Crippen molar-refractivity contribution in [3.05, 3.63) is 42.0 Å². The van der Waals surface area contributed by atoms with Gasteiger partial charge in [-0.2, -0.15) is 0 Å². The van der Waals surface area contributed by atoms with Gasteiger partial charge in [-0.3, -0.25) is 9.59 Å². The Morgan fingerprint density at radius 3 is 2.70 bits per heavy atom. The van der Waals surface area contributed by atoms with Gasteiger partial charge in [0.1, 0.15) is 0 Å². The first-order chi connectivity index (χ1) is 12.9. The predicted molar refractivity (Wildman–Crippen MR) is 112 cm³/mol. The Bertz CT molecular complexity index is 848. The number of thiophene rings is 1. The molecule has 1 aromatic heterocycles. The summed E-state index contributed by atoms with van der Waals surface area (Å²) in [4.78, 5) is 28.6. The maximum absolute atomic E-state index is 12.6. The second-order valence-corrected chi connectivity index (χ2v) is 8.49. The quantitative estimate of drug-likeness (QED) is 0.802. The van der Waals surface area contributed by atoms with Gasteiger partial charge in [0.15, 0.2) is 0 Å². The first-order valence-corrected chi connectivity index (χ1v) is 10.2. The predicted octanol–water partition coefficient (Wildman–Crippen LogP) is 3.50. The summed E-state index contributed by atoms with van der Waals surface area (Å²) in [5, 5.41) is 5.12. The van der Waals surface area contributed by atoms with Crippen LogP contribution in [0.5, 0.6) is 0 Å². The Morgan fingerprint density at radius 2 is 2.00 bits per heavy atom. The van der Waals surface area contributed by atoms with Crippen molar-refractivity contribution in [3.8, 4) is 0 Å². The van der Waals surface area contributed by atoms with Crippen molar-refractivity contribution in [1.82, 2.24) is 9.80 Å². The molecule has 1 saturated heterocycles. The Kier molecular flexibility index (Phi) is 6.29. The number of carbonyl (C=O) groups is 2. The van der Waals surface area contributed by atoms with Gasteiger partial charge in [-0.25, -0.2) is 0 Å². The van der Waals surface area contributed by atoms with Crippen LogP contribution in [0.2, 0.25) is 0 Å². The molecule has 2 amide bonds. The largest absolute Gasteiger partial charge is 0.339 e. The number of benzene rings is 1. The number of hydrogen-bond donors (Lipinski definition) is 1. The van der Waals surface area contributed by atoms with E-state index in [-0.39, 0.29) is 17.7 Å². The van der Waals surface area contributed by atoms with E-state index in [1.54, 1.807) is 17.4 Å². The third kappa shape index (κ3) is 5.17. The van der Waals surface area contributed by atoms with Gasteiger partial charge < -0.3 is 15.1 Å². The highest BCUT2D eigenvalue weighted by Crippen LogP contribution is 2.31. The lowest BCUT2D eigenvalue weighted by Crippen LogP contribution is -2.40. The zero-order valence-corrected chi connectivity index (χ0v) is 17.0. The van der Waals surface area contributed by atoms with Gasteiger partial charge in [0.2, 0.25) is 11.8 Å². The smallest absolute Gasteiger partial charge is 0.246 e. The topological polar surface area (TPSA) is 52.7 Å². The molecule has 2 heterocycles. The van der Waals surface area contributed by atoms with E-state index < -0.39 is 0 Å². The molecular weight excluding hydrogens is 358 g/mol. The molecule has 1 aliphatic heterocycles. The normalized spacial score (nSPS) is 15.8. The van der Waals surface area contributed by atoms with Crippen LogP contribution >= 0.6 is 11.3 Å². The first kappa shape index (κ1) is 19.6. The van der Waals surface area contributed by atoms with Crippen LogP contribution in [-0.2, 0) is 9.59 Å². The van der Waals surface area contributed by atoms with Crippen molar-refractivity contribution in [3.63, 3.8) is 0 Å². The summed E-state index contributed by atoms with van der Waals surface area (Å²) in [6, 6.07) is 8.35. The van der Waals surface area contributed by atoms with E-state index in [4.69, 9.17) is 0 Å². The van der Waals surface area contributed by atoms with Crippen molar-refractivity contribution in [1.29, 1.82) is 0 Å². The molecule has 2 aromatic rings. The van der Waals surface area contributed by atoms with Crippen molar-refractivity contribution in [2.75, 3.05) is 39.0 Å². The highest BCUT2D eigenvalue weighted by molar-refractivity contribution is 7.23.